The van der Waals surface area contributed by atoms with Gasteiger partial charge in [0.1, 0.15) is 6.10 Å². The number of amides is 1. The van der Waals surface area contributed by atoms with Gasteiger partial charge in [0.05, 0.1) is 13.2 Å². The van der Waals surface area contributed by atoms with Crippen LogP contribution in [0.3, 0.4) is 0 Å². The SMILES string of the molecule is O=C(O)CCC1(NC(=O)OC2CCOC2)CCCCC1. The highest BCUT2D eigenvalue weighted by Gasteiger charge is 2.35. The Kier molecular flexibility index (Phi) is 5.23. The van der Waals surface area contributed by atoms with Crippen LogP contribution in [0.25, 0.3) is 0 Å². The number of rotatable bonds is 5. The fourth-order valence-electron chi connectivity index (χ4n) is 3.02. The highest BCUT2D eigenvalue weighted by Crippen LogP contribution is 2.32. The van der Waals surface area contributed by atoms with Crippen LogP contribution in [0.1, 0.15) is 51.4 Å². The van der Waals surface area contributed by atoms with Crippen molar-refractivity contribution in [1.82, 2.24) is 5.32 Å². The third kappa shape index (κ3) is 4.37. The molecular weight excluding hydrogens is 262 g/mol. The van der Waals surface area contributed by atoms with Crippen molar-refractivity contribution in [2.45, 2.75) is 63.0 Å². The number of nitrogens with one attached hydrogen (secondary N) is 1. The van der Waals surface area contributed by atoms with Gasteiger partial charge in [-0.3, -0.25) is 4.79 Å². The van der Waals surface area contributed by atoms with Crippen molar-refractivity contribution >= 4 is 12.1 Å². The molecule has 2 aliphatic rings. The average molecular weight is 285 g/mol. The van der Waals surface area contributed by atoms with Crippen molar-refractivity contribution in [1.29, 1.82) is 0 Å². The number of alkyl carbamates (subject to hydrolysis) is 1. The number of carboxylic acid groups (broad SMARTS) is 1. The third-order valence-electron chi connectivity index (χ3n) is 4.16. The van der Waals surface area contributed by atoms with Gasteiger partial charge in [-0.05, 0) is 19.3 Å². The molecule has 0 aromatic rings. The molecular formula is C14H23NO5. The predicted molar refractivity (Wildman–Crippen MR) is 71.5 cm³/mol. The summed E-state index contributed by atoms with van der Waals surface area (Å²) in [4.78, 5) is 22.8. The molecule has 1 atom stereocenters. The predicted octanol–water partition coefficient (Wildman–Crippen LogP) is 2.07. The van der Waals surface area contributed by atoms with Gasteiger partial charge < -0.3 is 19.9 Å². The van der Waals surface area contributed by atoms with Crippen LogP contribution in [0, 0.1) is 0 Å². The zero-order chi connectivity index (χ0) is 14.4. The summed E-state index contributed by atoms with van der Waals surface area (Å²) in [7, 11) is 0. The van der Waals surface area contributed by atoms with E-state index in [0.717, 1.165) is 38.5 Å². The molecule has 0 aromatic heterocycles. The van der Waals surface area contributed by atoms with Crippen molar-refractivity contribution in [2.24, 2.45) is 0 Å². The third-order valence-corrected chi connectivity index (χ3v) is 4.16. The average Bonchev–Trinajstić information content (AvgIpc) is 2.90. The maximum absolute atomic E-state index is 12.0. The van der Waals surface area contributed by atoms with Crippen molar-refractivity contribution in [3.63, 3.8) is 0 Å². The van der Waals surface area contributed by atoms with E-state index in [1.165, 1.54) is 0 Å². The molecule has 1 aliphatic carbocycles. The highest BCUT2D eigenvalue weighted by molar-refractivity contribution is 5.69. The van der Waals surface area contributed by atoms with Gasteiger partial charge in [-0.15, -0.1) is 0 Å². The molecule has 114 valence electrons. The highest BCUT2D eigenvalue weighted by atomic mass is 16.6. The molecule has 2 rings (SSSR count). The molecule has 0 radical (unpaired) electrons. The number of ether oxygens (including phenoxy) is 2. The maximum atomic E-state index is 12.0. The first-order valence-corrected chi connectivity index (χ1v) is 7.38. The first kappa shape index (κ1) is 15.1. The van der Waals surface area contributed by atoms with Crippen LogP contribution in [0.4, 0.5) is 4.79 Å². The van der Waals surface area contributed by atoms with Gasteiger partial charge in [0.15, 0.2) is 0 Å². The number of carbonyl (C=O) groups excluding carboxylic acids is 1. The number of hydrogen-bond donors (Lipinski definition) is 2. The van der Waals surface area contributed by atoms with E-state index in [-0.39, 0.29) is 12.5 Å². The van der Waals surface area contributed by atoms with Crippen LogP contribution in [-0.4, -0.2) is 42.0 Å². The monoisotopic (exact) mass is 285 g/mol. The molecule has 1 unspecified atom stereocenters. The Bertz CT molecular complexity index is 345. The van der Waals surface area contributed by atoms with Crippen molar-refractivity contribution in [2.75, 3.05) is 13.2 Å². The Labute approximate surface area is 118 Å². The Morgan fingerprint density at radius 1 is 1.30 bits per heavy atom. The molecule has 1 heterocycles. The molecule has 2 fully saturated rings. The van der Waals surface area contributed by atoms with Gasteiger partial charge in [-0.2, -0.15) is 0 Å². The summed E-state index contributed by atoms with van der Waals surface area (Å²) in [6.45, 7) is 1.08. The topological polar surface area (TPSA) is 84.9 Å². The van der Waals surface area contributed by atoms with Crippen LogP contribution in [0.5, 0.6) is 0 Å². The molecule has 1 aliphatic heterocycles. The Morgan fingerprint density at radius 2 is 2.05 bits per heavy atom. The Morgan fingerprint density at radius 3 is 2.65 bits per heavy atom. The fourth-order valence-corrected chi connectivity index (χ4v) is 3.02. The molecule has 0 aromatic carbocycles. The Hall–Kier alpha value is -1.30. The first-order chi connectivity index (χ1) is 9.60. The summed E-state index contributed by atoms with van der Waals surface area (Å²) in [5.74, 6) is -0.825. The van der Waals surface area contributed by atoms with E-state index >= 15 is 0 Å². The molecule has 6 heteroatoms. The standard InChI is InChI=1S/C14H23NO5/c16-12(17)4-8-14(6-2-1-3-7-14)15-13(18)20-11-5-9-19-10-11/h11H,1-10H2,(H,15,18)(H,16,17). The van der Waals surface area contributed by atoms with Gasteiger partial charge in [-0.25, -0.2) is 4.79 Å². The minimum atomic E-state index is -0.825. The van der Waals surface area contributed by atoms with E-state index in [2.05, 4.69) is 5.32 Å². The van der Waals surface area contributed by atoms with Crippen LogP contribution in [-0.2, 0) is 14.3 Å². The Balaban J connectivity index is 1.88. The van der Waals surface area contributed by atoms with Gasteiger partial charge >= 0.3 is 12.1 Å². The lowest BCUT2D eigenvalue weighted by atomic mass is 9.78. The number of carboxylic acids is 1. The molecule has 1 saturated heterocycles. The summed E-state index contributed by atoms with van der Waals surface area (Å²) < 4.78 is 10.5. The van der Waals surface area contributed by atoms with Crippen molar-refractivity contribution in [3.8, 4) is 0 Å². The van der Waals surface area contributed by atoms with E-state index in [1.807, 2.05) is 0 Å². The van der Waals surface area contributed by atoms with Gasteiger partial charge in [0.2, 0.25) is 0 Å². The summed E-state index contributed by atoms with van der Waals surface area (Å²) in [6.07, 6.45) is 5.51. The van der Waals surface area contributed by atoms with E-state index < -0.39 is 17.6 Å². The summed E-state index contributed by atoms with van der Waals surface area (Å²) in [5.41, 5.74) is -0.410. The summed E-state index contributed by atoms with van der Waals surface area (Å²) in [5, 5.41) is 11.8. The fraction of sp³-hybridized carbons (Fsp3) is 0.857. The van der Waals surface area contributed by atoms with Gasteiger partial charge in [0.25, 0.3) is 0 Å². The van der Waals surface area contributed by atoms with E-state index in [1.54, 1.807) is 0 Å². The maximum Gasteiger partial charge on any atom is 0.407 e. The van der Waals surface area contributed by atoms with E-state index in [9.17, 15) is 9.59 Å². The number of hydrogen-bond acceptors (Lipinski definition) is 4. The zero-order valence-corrected chi connectivity index (χ0v) is 11.7. The molecule has 20 heavy (non-hydrogen) atoms. The number of aliphatic carboxylic acids is 1. The molecule has 0 bridgehead atoms. The van der Waals surface area contributed by atoms with E-state index in [4.69, 9.17) is 14.6 Å². The molecule has 1 amide bonds. The molecule has 2 N–H and O–H groups in total. The molecule has 6 nitrogen and oxygen atoms in total. The lowest BCUT2D eigenvalue weighted by Gasteiger charge is -2.37. The number of carbonyl (C=O) groups is 2. The summed E-state index contributed by atoms with van der Waals surface area (Å²) in [6, 6.07) is 0. The molecule has 1 saturated carbocycles. The van der Waals surface area contributed by atoms with Crippen molar-refractivity contribution in [3.05, 3.63) is 0 Å². The normalized spacial score (nSPS) is 25.1. The van der Waals surface area contributed by atoms with Gasteiger partial charge in [-0.1, -0.05) is 19.3 Å². The minimum Gasteiger partial charge on any atom is -0.481 e. The quantitative estimate of drug-likeness (QED) is 0.807. The van der Waals surface area contributed by atoms with Crippen LogP contribution in [0.2, 0.25) is 0 Å². The lowest BCUT2D eigenvalue weighted by molar-refractivity contribution is -0.137. The second-order valence-corrected chi connectivity index (χ2v) is 5.75. The zero-order valence-electron chi connectivity index (χ0n) is 11.7. The van der Waals surface area contributed by atoms with Gasteiger partial charge in [0, 0.05) is 18.4 Å². The molecule has 0 spiro atoms. The smallest absolute Gasteiger partial charge is 0.407 e. The first-order valence-electron chi connectivity index (χ1n) is 7.38. The summed E-state index contributed by atoms with van der Waals surface area (Å²) >= 11 is 0. The van der Waals surface area contributed by atoms with Crippen LogP contribution >= 0.6 is 0 Å². The van der Waals surface area contributed by atoms with Crippen LogP contribution < -0.4 is 5.32 Å². The second kappa shape index (κ2) is 6.92. The lowest BCUT2D eigenvalue weighted by Crippen LogP contribution is -2.50. The van der Waals surface area contributed by atoms with E-state index in [0.29, 0.717) is 19.6 Å². The van der Waals surface area contributed by atoms with Crippen LogP contribution in [0.15, 0.2) is 0 Å². The van der Waals surface area contributed by atoms with Crippen molar-refractivity contribution < 1.29 is 24.2 Å². The minimum absolute atomic E-state index is 0.0762. The largest absolute Gasteiger partial charge is 0.481 e. The second-order valence-electron chi connectivity index (χ2n) is 5.75.